The Hall–Kier alpha value is -2.22. The van der Waals surface area contributed by atoms with Crippen LogP contribution in [0.4, 0.5) is 4.79 Å². The van der Waals surface area contributed by atoms with Crippen LogP contribution in [-0.2, 0) is 4.74 Å². The number of furan rings is 1. The highest BCUT2D eigenvalue weighted by Gasteiger charge is 2.17. The van der Waals surface area contributed by atoms with Crippen LogP contribution in [0, 0.1) is 0 Å². The molecule has 1 rings (SSSR count). The van der Waals surface area contributed by atoms with Crippen LogP contribution in [0.2, 0.25) is 0 Å². The average Bonchev–Trinajstić information content (AvgIpc) is 3.06. The van der Waals surface area contributed by atoms with E-state index in [1.165, 1.54) is 0 Å². The molecule has 1 amide bonds. The van der Waals surface area contributed by atoms with E-state index in [0.717, 1.165) is 24.7 Å². The minimum absolute atomic E-state index is 0.0734. The van der Waals surface area contributed by atoms with Crippen molar-refractivity contribution >= 4 is 12.1 Å². The summed E-state index contributed by atoms with van der Waals surface area (Å²) in [6.45, 7) is 10.1. The molecule has 0 aliphatic carbocycles. The molecule has 0 radical (unpaired) electrons. The second kappa shape index (κ2) is 11.5. The highest BCUT2D eigenvalue weighted by atomic mass is 16.6. The summed E-state index contributed by atoms with van der Waals surface area (Å²) in [4.78, 5) is 18.3. The lowest BCUT2D eigenvalue weighted by Crippen LogP contribution is -2.40. The largest absolute Gasteiger partial charge is 0.468 e. The Morgan fingerprint density at radius 3 is 2.52 bits per heavy atom. The number of hydrogen-bond donors (Lipinski definition) is 3. The number of nitrogens with one attached hydrogen (secondary N) is 3. The molecule has 0 fully saturated rings. The zero-order chi connectivity index (χ0) is 20.3. The summed E-state index contributed by atoms with van der Waals surface area (Å²) in [5.74, 6) is 1.63. The van der Waals surface area contributed by atoms with Crippen LogP contribution >= 0.6 is 0 Å². The van der Waals surface area contributed by atoms with E-state index >= 15 is 0 Å². The van der Waals surface area contributed by atoms with Crippen molar-refractivity contribution in [2.75, 3.05) is 40.3 Å². The molecule has 3 N–H and O–H groups in total. The highest BCUT2D eigenvalue weighted by Crippen LogP contribution is 2.18. The topological polar surface area (TPSA) is 91.1 Å². The van der Waals surface area contributed by atoms with Gasteiger partial charge in [-0.05, 0) is 60.3 Å². The van der Waals surface area contributed by atoms with E-state index < -0.39 is 11.7 Å². The predicted molar refractivity (Wildman–Crippen MR) is 108 cm³/mol. The normalized spacial score (nSPS) is 13.4. The van der Waals surface area contributed by atoms with Crippen LogP contribution < -0.4 is 16.0 Å². The maximum absolute atomic E-state index is 11.6. The zero-order valence-corrected chi connectivity index (χ0v) is 17.5. The number of guanidine groups is 1. The molecule has 1 atom stereocenters. The summed E-state index contributed by atoms with van der Waals surface area (Å²) in [7, 11) is 4.01. The summed E-state index contributed by atoms with van der Waals surface area (Å²) < 4.78 is 10.7. The van der Waals surface area contributed by atoms with Crippen molar-refractivity contribution in [3.63, 3.8) is 0 Å². The maximum atomic E-state index is 11.6. The molecule has 1 heterocycles. The van der Waals surface area contributed by atoms with Crippen molar-refractivity contribution in [2.24, 2.45) is 4.99 Å². The third-order valence-electron chi connectivity index (χ3n) is 3.58. The summed E-state index contributed by atoms with van der Waals surface area (Å²) in [6, 6.07) is 3.92. The molecule has 0 aliphatic rings. The first-order valence-electron chi connectivity index (χ1n) is 9.41. The summed E-state index contributed by atoms with van der Waals surface area (Å²) >= 11 is 0. The van der Waals surface area contributed by atoms with Crippen LogP contribution in [0.15, 0.2) is 27.8 Å². The third-order valence-corrected chi connectivity index (χ3v) is 3.58. The molecule has 27 heavy (non-hydrogen) atoms. The number of rotatable bonds is 9. The molecule has 0 aromatic carbocycles. The molecular formula is C19H35N5O3. The van der Waals surface area contributed by atoms with Gasteiger partial charge < -0.3 is 25.1 Å². The average molecular weight is 382 g/mol. The van der Waals surface area contributed by atoms with Gasteiger partial charge in [0.2, 0.25) is 0 Å². The predicted octanol–water partition coefficient (Wildman–Crippen LogP) is 2.35. The van der Waals surface area contributed by atoms with Gasteiger partial charge in [0.1, 0.15) is 11.4 Å². The maximum Gasteiger partial charge on any atom is 0.407 e. The van der Waals surface area contributed by atoms with Crippen LogP contribution in [0.5, 0.6) is 0 Å². The SMILES string of the molecule is CCNC(=NCC(c1ccco1)N(C)C)NCCCNC(=O)OC(C)(C)C. The number of ether oxygens (including phenoxy) is 1. The van der Waals surface area contributed by atoms with Crippen molar-refractivity contribution in [1.29, 1.82) is 0 Å². The van der Waals surface area contributed by atoms with Gasteiger partial charge in [-0.2, -0.15) is 0 Å². The molecule has 0 saturated heterocycles. The molecule has 8 nitrogen and oxygen atoms in total. The molecule has 0 aliphatic heterocycles. The molecule has 0 bridgehead atoms. The fraction of sp³-hybridized carbons (Fsp3) is 0.684. The number of aliphatic imine (C=N–C) groups is 1. The Balaban J connectivity index is 2.42. The minimum atomic E-state index is -0.482. The Kier molecular flexibility index (Phi) is 9.71. The second-order valence-corrected chi connectivity index (χ2v) is 7.42. The third kappa shape index (κ3) is 9.89. The monoisotopic (exact) mass is 381 g/mol. The van der Waals surface area contributed by atoms with Gasteiger partial charge in [-0.25, -0.2) is 4.79 Å². The first-order valence-corrected chi connectivity index (χ1v) is 9.41. The van der Waals surface area contributed by atoms with E-state index in [1.54, 1.807) is 6.26 Å². The number of carbonyl (C=O) groups excluding carboxylic acids is 1. The van der Waals surface area contributed by atoms with E-state index in [0.29, 0.717) is 19.6 Å². The fourth-order valence-electron chi connectivity index (χ4n) is 2.31. The molecule has 1 aromatic rings. The first-order chi connectivity index (χ1) is 12.7. The lowest BCUT2D eigenvalue weighted by atomic mass is 10.2. The van der Waals surface area contributed by atoms with E-state index in [4.69, 9.17) is 9.15 Å². The Morgan fingerprint density at radius 2 is 1.96 bits per heavy atom. The minimum Gasteiger partial charge on any atom is -0.468 e. The summed E-state index contributed by atoms with van der Waals surface area (Å²) in [5, 5.41) is 9.26. The number of carbonyl (C=O) groups is 1. The molecule has 0 saturated carbocycles. The van der Waals surface area contributed by atoms with Gasteiger partial charge in [0.05, 0.1) is 18.8 Å². The van der Waals surface area contributed by atoms with E-state index in [-0.39, 0.29) is 6.04 Å². The molecule has 1 unspecified atom stereocenters. The van der Waals surface area contributed by atoms with Crippen molar-refractivity contribution in [3.05, 3.63) is 24.2 Å². The van der Waals surface area contributed by atoms with Crippen LogP contribution in [0.1, 0.15) is 45.9 Å². The van der Waals surface area contributed by atoms with Crippen molar-refractivity contribution in [1.82, 2.24) is 20.9 Å². The number of likely N-dealkylation sites (N-methyl/N-ethyl adjacent to an activating group) is 1. The Morgan fingerprint density at radius 1 is 1.26 bits per heavy atom. The molecule has 154 valence electrons. The van der Waals surface area contributed by atoms with Gasteiger partial charge in [0, 0.05) is 19.6 Å². The van der Waals surface area contributed by atoms with Crippen molar-refractivity contribution in [3.8, 4) is 0 Å². The smallest absolute Gasteiger partial charge is 0.407 e. The fourth-order valence-corrected chi connectivity index (χ4v) is 2.31. The van der Waals surface area contributed by atoms with Gasteiger partial charge in [-0.15, -0.1) is 0 Å². The number of amides is 1. The second-order valence-electron chi connectivity index (χ2n) is 7.42. The van der Waals surface area contributed by atoms with Crippen molar-refractivity contribution < 1.29 is 13.9 Å². The van der Waals surface area contributed by atoms with Crippen LogP contribution in [0.3, 0.4) is 0 Å². The molecule has 8 heteroatoms. The van der Waals surface area contributed by atoms with Crippen molar-refractivity contribution in [2.45, 2.75) is 45.8 Å². The Labute approximate surface area is 162 Å². The van der Waals surface area contributed by atoms with Gasteiger partial charge >= 0.3 is 6.09 Å². The van der Waals surface area contributed by atoms with E-state index in [9.17, 15) is 4.79 Å². The number of nitrogens with zero attached hydrogens (tertiary/aromatic N) is 2. The molecule has 0 spiro atoms. The van der Waals surface area contributed by atoms with Gasteiger partial charge in [-0.3, -0.25) is 9.89 Å². The van der Waals surface area contributed by atoms with Crippen LogP contribution in [-0.4, -0.2) is 62.8 Å². The van der Waals surface area contributed by atoms with E-state index in [1.807, 2.05) is 53.9 Å². The highest BCUT2D eigenvalue weighted by molar-refractivity contribution is 5.79. The number of hydrogen-bond acceptors (Lipinski definition) is 5. The molecular weight excluding hydrogens is 346 g/mol. The summed E-state index contributed by atoms with van der Waals surface area (Å²) in [6.07, 6.45) is 2.05. The lowest BCUT2D eigenvalue weighted by molar-refractivity contribution is 0.0527. The van der Waals surface area contributed by atoms with Gasteiger partial charge in [0.25, 0.3) is 0 Å². The summed E-state index contributed by atoms with van der Waals surface area (Å²) in [5.41, 5.74) is -0.482. The van der Waals surface area contributed by atoms with Gasteiger partial charge in [0.15, 0.2) is 5.96 Å². The Bertz CT molecular complexity index is 564. The first kappa shape index (κ1) is 22.8. The lowest BCUT2D eigenvalue weighted by Gasteiger charge is -2.21. The van der Waals surface area contributed by atoms with E-state index in [2.05, 4.69) is 25.8 Å². The number of alkyl carbamates (subject to hydrolysis) is 1. The quantitative estimate of drug-likeness (QED) is 0.346. The van der Waals surface area contributed by atoms with Gasteiger partial charge in [-0.1, -0.05) is 0 Å². The molecule has 1 aromatic heterocycles. The van der Waals surface area contributed by atoms with Crippen LogP contribution in [0.25, 0.3) is 0 Å². The zero-order valence-electron chi connectivity index (χ0n) is 17.5. The standard InChI is InChI=1S/C19H35N5O3/c1-7-20-17(21-11-9-12-22-18(25)27-19(2,3)4)23-14-15(24(5)6)16-10-8-13-26-16/h8,10,13,15H,7,9,11-12,14H2,1-6H3,(H,22,25)(H2,20,21,23).